The van der Waals surface area contributed by atoms with Gasteiger partial charge in [-0.3, -0.25) is 4.90 Å². The lowest BCUT2D eigenvalue weighted by Crippen LogP contribution is -2.52. The van der Waals surface area contributed by atoms with E-state index >= 15 is 0 Å². The third-order valence-corrected chi connectivity index (χ3v) is 3.36. The molecule has 0 spiro atoms. The number of carboxylic acid groups (broad SMARTS) is 1. The van der Waals surface area contributed by atoms with Crippen molar-refractivity contribution in [3.63, 3.8) is 0 Å². The van der Waals surface area contributed by atoms with Crippen LogP contribution >= 0.6 is 11.6 Å². The molecule has 0 aliphatic rings. The number of nitrogens with zero attached hydrogens (tertiary/aromatic N) is 1. The van der Waals surface area contributed by atoms with Gasteiger partial charge in [-0.25, -0.2) is 13.6 Å². The molecule has 0 saturated carbocycles. The Kier molecular flexibility index (Phi) is 6.00. The van der Waals surface area contributed by atoms with Gasteiger partial charge in [0.15, 0.2) is 11.6 Å². The van der Waals surface area contributed by atoms with Gasteiger partial charge in [-0.2, -0.15) is 0 Å². The first kappa shape index (κ1) is 18.5. The van der Waals surface area contributed by atoms with Gasteiger partial charge < -0.3 is 9.84 Å². The van der Waals surface area contributed by atoms with E-state index in [1.54, 1.807) is 27.7 Å². The molecule has 0 fully saturated rings. The Morgan fingerprint density at radius 2 is 2.00 bits per heavy atom. The first-order chi connectivity index (χ1) is 10.1. The number of benzene rings is 1. The third kappa shape index (κ3) is 4.47. The molecule has 0 aliphatic carbocycles. The lowest BCUT2D eigenvalue weighted by atomic mass is 10.0. The van der Waals surface area contributed by atoms with Crippen molar-refractivity contribution in [2.45, 2.75) is 45.2 Å². The minimum Gasteiger partial charge on any atom is -0.488 e. The van der Waals surface area contributed by atoms with Crippen molar-refractivity contribution in [1.82, 2.24) is 4.90 Å². The van der Waals surface area contributed by atoms with Crippen LogP contribution in [0.2, 0.25) is 0 Å². The second kappa shape index (κ2) is 7.13. The maximum absolute atomic E-state index is 13.8. The Labute approximate surface area is 133 Å². The lowest BCUT2D eigenvalue weighted by molar-refractivity contribution is 0.0570. The molecule has 1 aromatic carbocycles. The van der Waals surface area contributed by atoms with E-state index in [2.05, 4.69) is 0 Å². The highest BCUT2D eigenvalue weighted by atomic mass is 35.5. The fourth-order valence-corrected chi connectivity index (χ4v) is 2.49. The Morgan fingerprint density at radius 3 is 2.45 bits per heavy atom. The zero-order chi connectivity index (χ0) is 17.1. The van der Waals surface area contributed by atoms with E-state index in [4.69, 9.17) is 16.3 Å². The summed E-state index contributed by atoms with van der Waals surface area (Å²) in [5.41, 5.74) is -0.449. The minimum absolute atomic E-state index is 0.0734. The summed E-state index contributed by atoms with van der Waals surface area (Å²) in [5, 5.41) is 9.29. The molecule has 1 rings (SSSR count). The van der Waals surface area contributed by atoms with E-state index in [1.807, 2.05) is 0 Å². The number of carbonyl (C=O) groups is 1. The zero-order valence-corrected chi connectivity index (χ0v) is 13.7. The van der Waals surface area contributed by atoms with E-state index in [0.717, 1.165) is 6.07 Å². The first-order valence-corrected chi connectivity index (χ1v) is 7.30. The van der Waals surface area contributed by atoms with Gasteiger partial charge in [-0.15, -0.1) is 11.6 Å². The third-order valence-electron chi connectivity index (χ3n) is 3.07. The van der Waals surface area contributed by atoms with Crippen LogP contribution < -0.4 is 4.74 Å². The molecule has 1 unspecified atom stereocenters. The predicted molar refractivity (Wildman–Crippen MR) is 80.5 cm³/mol. The molecule has 0 aromatic heterocycles. The quantitative estimate of drug-likeness (QED) is 0.818. The summed E-state index contributed by atoms with van der Waals surface area (Å²) in [4.78, 5) is 12.6. The van der Waals surface area contributed by atoms with E-state index in [1.165, 1.54) is 4.90 Å². The molecule has 1 atom stereocenters. The zero-order valence-electron chi connectivity index (χ0n) is 13.0. The standard InChI is InChI=1S/C15H20ClF2NO3/c1-9(19(14(20)21)15(2,3)4)8-22-13-10(7-16)5-11(17)6-12(13)18/h5-6,9H,7-8H2,1-4H3,(H,20,21). The van der Waals surface area contributed by atoms with Crippen LogP contribution in [0.15, 0.2) is 12.1 Å². The van der Waals surface area contributed by atoms with Crippen LogP contribution in [0, 0.1) is 11.6 Å². The first-order valence-electron chi connectivity index (χ1n) is 6.77. The van der Waals surface area contributed by atoms with Gasteiger partial charge in [-0.05, 0) is 33.8 Å². The molecular weight excluding hydrogens is 316 g/mol. The van der Waals surface area contributed by atoms with Crippen molar-refractivity contribution in [2.75, 3.05) is 6.61 Å². The number of amides is 1. The minimum atomic E-state index is -1.10. The van der Waals surface area contributed by atoms with E-state index in [0.29, 0.717) is 6.07 Å². The summed E-state index contributed by atoms with van der Waals surface area (Å²) < 4.78 is 32.3. The van der Waals surface area contributed by atoms with Crippen molar-refractivity contribution in [2.24, 2.45) is 0 Å². The number of alkyl halides is 1. The van der Waals surface area contributed by atoms with Crippen LogP contribution in [0.1, 0.15) is 33.3 Å². The molecular formula is C15H20ClF2NO3. The highest BCUT2D eigenvalue weighted by Gasteiger charge is 2.31. The molecule has 4 nitrogen and oxygen atoms in total. The average molecular weight is 336 g/mol. The van der Waals surface area contributed by atoms with Crippen molar-refractivity contribution in [3.05, 3.63) is 29.3 Å². The van der Waals surface area contributed by atoms with E-state index in [9.17, 15) is 18.7 Å². The van der Waals surface area contributed by atoms with Gasteiger partial charge in [0.05, 0.1) is 11.9 Å². The second-order valence-electron chi connectivity index (χ2n) is 5.99. The Morgan fingerprint density at radius 1 is 1.41 bits per heavy atom. The van der Waals surface area contributed by atoms with Gasteiger partial charge >= 0.3 is 6.09 Å². The smallest absolute Gasteiger partial charge is 0.408 e. The molecule has 1 amide bonds. The van der Waals surface area contributed by atoms with E-state index in [-0.39, 0.29) is 23.8 Å². The molecule has 0 radical (unpaired) electrons. The predicted octanol–water partition coefficient (Wildman–Crippen LogP) is 4.25. The van der Waals surface area contributed by atoms with Crippen molar-refractivity contribution in [1.29, 1.82) is 0 Å². The normalized spacial score (nSPS) is 12.9. The van der Waals surface area contributed by atoms with Crippen molar-refractivity contribution in [3.8, 4) is 5.75 Å². The Balaban J connectivity index is 2.92. The number of ether oxygens (including phenoxy) is 1. The van der Waals surface area contributed by atoms with Crippen molar-refractivity contribution < 1.29 is 23.4 Å². The van der Waals surface area contributed by atoms with Gasteiger partial charge in [0, 0.05) is 17.2 Å². The second-order valence-corrected chi connectivity index (χ2v) is 6.26. The Hall–Kier alpha value is -1.56. The molecule has 1 N–H and O–H groups in total. The van der Waals surface area contributed by atoms with Gasteiger partial charge in [0.2, 0.25) is 0 Å². The van der Waals surface area contributed by atoms with Crippen LogP contribution in [0.5, 0.6) is 5.75 Å². The summed E-state index contributed by atoms with van der Waals surface area (Å²) in [7, 11) is 0. The average Bonchev–Trinajstić information content (AvgIpc) is 2.34. The fourth-order valence-electron chi connectivity index (χ4n) is 2.29. The topological polar surface area (TPSA) is 49.8 Å². The molecule has 7 heteroatoms. The van der Waals surface area contributed by atoms with Gasteiger partial charge in [0.25, 0.3) is 0 Å². The summed E-state index contributed by atoms with van der Waals surface area (Å²) in [6.45, 7) is 6.83. The van der Waals surface area contributed by atoms with Crippen molar-refractivity contribution >= 4 is 17.7 Å². The highest BCUT2D eigenvalue weighted by molar-refractivity contribution is 6.17. The molecule has 0 bridgehead atoms. The van der Waals surface area contributed by atoms with Crippen LogP contribution in [0.4, 0.5) is 13.6 Å². The SMILES string of the molecule is CC(COc1c(F)cc(F)cc1CCl)N(C(=O)O)C(C)(C)C. The summed E-state index contributed by atoms with van der Waals surface area (Å²) in [5.74, 6) is -1.86. The number of hydrogen-bond donors (Lipinski definition) is 1. The van der Waals surface area contributed by atoms with Gasteiger partial charge in [0.1, 0.15) is 12.4 Å². The number of rotatable bonds is 5. The molecule has 22 heavy (non-hydrogen) atoms. The molecule has 0 aliphatic heterocycles. The summed E-state index contributed by atoms with van der Waals surface area (Å²) in [6, 6.07) is 1.27. The summed E-state index contributed by atoms with van der Waals surface area (Å²) >= 11 is 5.66. The van der Waals surface area contributed by atoms with Crippen LogP contribution in [0.3, 0.4) is 0 Å². The monoisotopic (exact) mass is 335 g/mol. The fraction of sp³-hybridized carbons (Fsp3) is 0.533. The van der Waals surface area contributed by atoms with Crippen LogP contribution in [-0.4, -0.2) is 34.3 Å². The van der Waals surface area contributed by atoms with Crippen LogP contribution in [-0.2, 0) is 5.88 Å². The maximum Gasteiger partial charge on any atom is 0.408 e. The molecule has 0 saturated heterocycles. The number of hydrogen-bond acceptors (Lipinski definition) is 2. The van der Waals surface area contributed by atoms with E-state index < -0.39 is 29.3 Å². The molecule has 124 valence electrons. The maximum atomic E-state index is 13.8. The molecule has 0 heterocycles. The lowest BCUT2D eigenvalue weighted by Gasteiger charge is -2.37. The summed E-state index contributed by atoms with van der Waals surface area (Å²) in [6.07, 6.45) is -1.10. The van der Waals surface area contributed by atoms with Gasteiger partial charge in [-0.1, -0.05) is 0 Å². The largest absolute Gasteiger partial charge is 0.488 e. The Bertz CT molecular complexity index is 546. The molecule has 1 aromatic rings. The highest BCUT2D eigenvalue weighted by Crippen LogP contribution is 2.27. The van der Waals surface area contributed by atoms with Crippen LogP contribution in [0.25, 0.3) is 0 Å². The number of halogens is 3.